The van der Waals surface area contributed by atoms with Crippen LogP contribution in [0.3, 0.4) is 0 Å². The number of nitrogens with zero attached hydrogens (tertiary/aromatic N) is 1. The topological polar surface area (TPSA) is 101 Å². The first-order valence-electron chi connectivity index (χ1n) is 11.3. The first-order valence-corrected chi connectivity index (χ1v) is 13.3. The number of rotatable bonds is 7. The fraction of sp³-hybridized carbons (Fsp3) is 0.148. The van der Waals surface area contributed by atoms with Crippen molar-refractivity contribution in [3.63, 3.8) is 0 Å². The summed E-state index contributed by atoms with van der Waals surface area (Å²) in [4.78, 5) is 39.8. The second-order valence-electron chi connectivity index (χ2n) is 8.22. The van der Waals surface area contributed by atoms with Gasteiger partial charge in [0.05, 0.1) is 35.7 Å². The second kappa shape index (κ2) is 11.2. The van der Waals surface area contributed by atoms with Gasteiger partial charge in [-0.2, -0.15) is 0 Å². The van der Waals surface area contributed by atoms with E-state index in [-0.39, 0.29) is 29.7 Å². The summed E-state index contributed by atoms with van der Waals surface area (Å²) in [6.45, 7) is 0.0582. The molecular weight excluding hydrogens is 614 g/mol. The van der Waals surface area contributed by atoms with Crippen LogP contribution in [0, 0.1) is 0 Å². The minimum absolute atomic E-state index is 0.0231. The fourth-order valence-electron chi connectivity index (χ4n) is 3.84. The van der Waals surface area contributed by atoms with Gasteiger partial charge in [-0.05, 0) is 87.4 Å². The Bertz CT molecular complexity index is 1530. The van der Waals surface area contributed by atoms with E-state index in [4.69, 9.17) is 35.3 Å². The van der Waals surface area contributed by atoms with Crippen molar-refractivity contribution in [2.45, 2.75) is 6.54 Å². The van der Waals surface area contributed by atoms with Gasteiger partial charge in [-0.25, -0.2) is 4.79 Å². The van der Waals surface area contributed by atoms with Crippen LogP contribution < -0.4 is 23.7 Å². The lowest BCUT2D eigenvalue weighted by Crippen LogP contribution is -2.27. The number of hydrogen-bond donors (Lipinski definition) is 0. The molecule has 0 aliphatic carbocycles. The molecular formula is C27H19BrClNO8S. The van der Waals surface area contributed by atoms with E-state index >= 15 is 0 Å². The average molecular weight is 633 g/mol. The minimum atomic E-state index is -0.590. The van der Waals surface area contributed by atoms with Gasteiger partial charge in [-0.15, -0.1) is 0 Å². The maximum atomic E-state index is 13.1. The Kier molecular flexibility index (Phi) is 7.74. The summed E-state index contributed by atoms with van der Waals surface area (Å²) >= 11 is 10.6. The van der Waals surface area contributed by atoms with E-state index in [1.165, 1.54) is 14.2 Å². The molecule has 0 saturated carbocycles. The molecule has 39 heavy (non-hydrogen) atoms. The first kappa shape index (κ1) is 26.9. The molecule has 5 rings (SSSR count). The number of hydrogen-bond acceptors (Lipinski definition) is 9. The SMILES string of the molecule is COc1ccc(C(=O)Oc2c(Br)cc(/C=C3\SC(=O)N(Cc4cc5c(cc4Cl)OCO5)C3=O)cc2OC)cc1. The van der Waals surface area contributed by atoms with E-state index in [1.807, 2.05) is 0 Å². The monoisotopic (exact) mass is 631 g/mol. The highest BCUT2D eigenvalue weighted by Crippen LogP contribution is 2.41. The number of thioether (sulfide) groups is 1. The molecule has 2 aliphatic heterocycles. The average Bonchev–Trinajstić information content (AvgIpc) is 3.48. The summed E-state index contributed by atoms with van der Waals surface area (Å²) in [5.74, 6) is 0.983. The summed E-state index contributed by atoms with van der Waals surface area (Å²) in [6.07, 6.45) is 1.56. The Labute approximate surface area is 240 Å². The van der Waals surface area contributed by atoms with Gasteiger partial charge >= 0.3 is 5.97 Å². The predicted molar refractivity (Wildman–Crippen MR) is 148 cm³/mol. The molecule has 200 valence electrons. The van der Waals surface area contributed by atoms with E-state index < -0.39 is 17.1 Å². The third kappa shape index (κ3) is 5.56. The van der Waals surface area contributed by atoms with E-state index in [0.717, 1.165) is 16.7 Å². The second-order valence-corrected chi connectivity index (χ2v) is 10.5. The molecule has 3 aromatic rings. The number of esters is 1. The van der Waals surface area contributed by atoms with E-state index in [0.29, 0.717) is 43.4 Å². The largest absolute Gasteiger partial charge is 0.497 e. The number of ether oxygens (including phenoxy) is 5. The normalized spacial score (nSPS) is 15.2. The van der Waals surface area contributed by atoms with Crippen molar-refractivity contribution in [2.75, 3.05) is 21.0 Å². The molecule has 3 aromatic carbocycles. The van der Waals surface area contributed by atoms with E-state index in [2.05, 4.69) is 15.9 Å². The molecule has 1 saturated heterocycles. The van der Waals surface area contributed by atoms with Gasteiger partial charge in [0.2, 0.25) is 6.79 Å². The zero-order valence-corrected chi connectivity index (χ0v) is 23.6. The lowest BCUT2D eigenvalue weighted by atomic mass is 10.1. The molecule has 0 spiro atoms. The van der Waals surface area contributed by atoms with Gasteiger partial charge in [0.25, 0.3) is 11.1 Å². The fourth-order valence-corrected chi connectivity index (χ4v) is 5.43. The van der Waals surface area contributed by atoms with Crippen molar-refractivity contribution in [1.82, 2.24) is 4.90 Å². The lowest BCUT2D eigenvalue weighted by Gasteiger charge is -2.14. The van der Waals surface area contributed by atoms with Gasteiger partial charge < -0.3 is 23.7 Å². The standard InChI is InChI=1S/C27H19BrClNO8S/c1-34-17-5-3-15(4-6-17)26(32)38-24-18(28)7-14(8-22(24)35-2)9-23-25(31)30(27(33)39-23)12-16-10-20-21(11-19(16)29)37-13-36-20/h3-11H,12-13H2,1-2H3/b23-9-. The molecule has 9 nitrogen and oxygen atoms in total. The molecule has 0 N–H and O–H groups in total. The van der Waals surface area contributed by atoms with Crippen molar-refractivity contribution in [3.8, 4) is 28.7 Å². The number of halogens is 2. The lowest BCUT2D eigenvalue weighted by molar-refractivity contribution is -0.123. The zero-order chi connectivity index (χ0) is 27.7. The molecule has 0 aromatic heterocycles. The zero-order valence-electron chi connectivity index (χ0n) is 20.5. The maximum Gasteiger partial charge on any atom is 0.343 e. The van der Waals surface area contributed by atoms with Gasteiger partial charge in [0.1, 0.15) is 5.75 Å². The van der Waals surface area contributed by atoms with Crippen LogP contribution in [-0.4, -0.2) is 43.0 Å². The van der Waals surface area contributed by atoms with Crippen LogP contribution in [0.5, 0.6) is 28.7 Å². The summed E-state index contributed by atoms with van der Waals surface area (Å²) in [6, 6.07) is 13.0. The quantitative estimate of drug-likeness (QED) is 0.169. The van der Waals surface area contributed by atoms with Crippen molar-refractivity contribution in [3.05, 3.63) is 79.6 Å². The highest BCUT2D eigenvalue weighted by molar-refractivity contribution is 9.10. The highest BCUT2D eigenvalue weighted by atomic mass is 79.9. The molecule has 2 aliphatic rings. The Balaban J connectivity index is 1.35. The number of carbonyl (C=O) groups excluding carboxylic acids is 3. The Hall–Kier alpha value is -3.67. The van der Waals surface area contributed by atoms with Crippen LogP contribution >= 0.6 is 39.3 Å². The molecule has 2 heterocycles. The third-order valence-electron chi connectivity index (χ3n) is 5.81. The van der Waals surface area contributed by atoms with Crippen molar-refractivity contribution >= 4 is 62.5 Å². The van der Waals surface area contributed by atoms with E-state index in [9.17, 15) is 14.4 Å². The highest BCUT2D eigenvalue weighted by Gasteiger charge is 2.36. The molecule has 12 heteroatoms. The first-order chi connectivity index (χ1) is 18.8. The van der Waals surface area contributed by atoms with Crippen LogP contribution in [0.4, 0.5) is 4.79 Å². The molecule has 0 bridgehead atoms. The van der Waals surface area contributed by atoms with Crippen molar-refractivity contribution < 1.29 is 38.1 Å². The molecule has 0 radical (unpaired) electrons. The minimum Gasteiger partial charge on any atom is -0.497 e. The summed E-state index contributed by atoms with van der Waals surface area (Å²) in [7, 11) is 2.96. The molecule has 0 atom stereocenters. The smallest absolute Gasteiger partial charge is 0.343 e. The third-order valence-corrected chi connectivity index (χ3v) is 7.66. The van der Waals surface area contributed by atoms with Crippen LogP contribution in [0.15, 0.2) is 57.9 Å². The van der Waals surface area contributed by atoms with Crippen LogP contribution in [-0.2, 0) is 11.3 Å². The number of imide groups is 1. The van der Waals surface area contributed by atoms with Gasteiger partial charge in [-0.1, -0.05) is 11.6 Å². The summed E-state index contributed by atoms with van der Waals surface area (Å²) in [5, 5.41) is -0.0771. The Morgan fingerprint density at radius 1 is 1.08 bits per heavy atom. The maximum absolute atomic E-state index is 13.1. The summed E-state index contributed by atoms with van der Waals surface area (Å²) in [5.41, 5.74) is 1.43. The number of methoxy groups -OCH3 is 2. The van der Waals surface area contributed by atoms with Gasteiger partial charge in [0, 0.05) is 11.1 Å². The Morgan fingerprint density at radius 3 is 2.49 bits per heavy atom. The number of fused-ring (bicyclic) bond motifs is 1. The van der Waals surface area contributed by atoms with Crippen LogP contribution in [0.1, 0.15) is 21.5 Å². The number of benzene rings is 3. The summed E-state index contributed by atoms with van der Waals surface area (Å²) < 4.78 is 27.2. The Morgan fingerprint density at radius 2 is 1.79 bits per heavy atom. The number of carbonyl (C=O) groups is 3. The van der Waals surface area contributed by atoms with Gasteiger partial charge in [-0.3, -0.25) is 14.5 Å². The molecule has 1 fully saturated rings. The van der Waals surface area contributed by atoms with Crippen LogP contribution in [0.25, 0.3) is 6.08 Å². The van der Waals surface area contributed by atoms with Crippen molar-refractivity contribution in [1.29, 1.82) is 0 Å². The predicted octanol–water partition coefficient (Wildman–Crippen LogP) is 6.30. The number of amides is 2. The molecule has 0 unspecified atom stereocenters. The van der Waals surface area contributed by atoms with E-state index in [1.54, 1.807) is 54.6 Å². The molecule has 2 amide bonds. The van der Waals surface area contributed by atoms with Crippen LogP contribution in [0.2, 0.25) is 5.02 Å². The van der Waals surface area contributed by atoms with Gasteiger partial charge in [0.15, 0.2) is 23.0 Å². The van der Waals surface area contributed by atoms with Crippen molar-refractivity contribution in [2.24, 2.45) is 0 Å².